The van der Waals surface area contributed by atoms with Gasteiger partial charge in [0.25, 0.3) is 0 Å². The van der Waals surface area contributed by atoms with Crippen LogP contribution in [0.5, 0.6) is 5.75 Å². The number of carbonyl (C=O) groups is 1. The van der Waals surface area contributed by atoms with Crippen LogP contribution in [0, 0.1) is 0 Å². The number of hydrogen-bond acceptors (Lipinski definition) is 8. The number of aromatic hydroxyl groups is 1. The highest BCUT2D eigenvalue weighted by atomic mass is 35.5. The number of anilines is 1. The summed E-state index contributed by atoms with van der Waals surface area (Å²) in [4.78, 5) is 25.4. The van der Waals surface area contributed by atoms with Crippen LogP contribution in [0.3, 0.4) is 0 Å². The summed E-state index contributed by atoms with van der Waals surface area (Å²) in [5.41, 5.74) is 2.12. The first-order chi connectivity index (χ1) is 14.5. The third kappa shape index (κ3) is 4.99. The lowest BCUT2D eigenvalue weighted by molar-refractivity contribution is -0.115. The standard InChI is InChI=1S/C20H15ClN4O2S3/c1-11(18(27)25-19-22-6-7-28-19)29-20-24-15-4-3-14(9-17(15)30-20)23-10-12-8-13(21)2-5-16(12)26/h2-11,26H,1H3,(H,22,25,27). The molecule has 6 nitrogen and oxygen atoms in total. The van der Waals surface area contributed by atoms with E-state index in [4.69, 9.17) is 11.6 Å². The number of phenols is 1. The number of hydrogen-bond donors (Lipinski definition) is 2. The zero-order chi connectivity index (χ0) is 21.1. The number of thiazole rings is 2. The molecule has 4 rings (SSSR count). The van der Waals surface area contributed by atoms with Crippen LogP contribution in [0.15, 0.2) is 57.3 Å². The minimum atomic E-state index is -0.308. The predicted molar refractivity (Wildman–Crippen MR) is 126 cm³/mol. The monoisotopic (exact) mass is 474 g/mol. The van der Waals surface area contributed by atoms with Crippen molar-refractivity contribution < 1.29 is 9.90 Å². The molecule has 2 heterocycles. The van der Waals surface area contributed by atoms with E-state index in [9.17, 15) is 9.90 Å². The molecule has 1 unspecified atom stereocenters. The van der Waals surface area contributed by atoms with Crippen molar-refractivity contribution in [2.75, 3.05) is 5.32 Å². The van der Waals surface area contributed by atoms with Gasteiger partial charge in [0.1, 0.15) is 5.75 Å². The van der Waals surface area contributed by atoms with Crippen molar-refractivity contribution in [1.82, 2.24) is 9.97 Å². The van der Waals surface area contributed by atoms with Crippen molar-refractivity contribution in [1.29, 1.82) is 0 Å². The largest absolute Gasteiger partial charge is 0.507 e. The molecule has 0 fully saturated rings. The van der Waals surface area contributed by atoms with Gasteiger partial charge in [-0.05, 0) is 43.3 Å². The second-order valence-electron chi connectivity index (χ2n) is 6.18. The summed E-state index contributed by atoms with van der Waals surface area (Å²) >= 11 is 10.3. The Bertz CT molecular complexity index is 1220. The lowest BCUT2D eigenvalue weighted by atomic mass is 10.2. The first-order valence-corrected chi connectivity index (χ1v) is 11.7. The summed E-state index contributed by atoms with van der Waals surface area (Å²) in [5, 5.41) is 15.3. The summed E-state index contributed by atoms with van der Waals surface area (Å²) in [7, 11) is 0. The summed E-state index contributed by atoms with van der Waals surface area (Å²) in [5.74, 6) is 0.00606. The van der Waals surface area contributed by atoms with Gasteiger partial charge in [0.15, 0.2) is 9.47 Å². The summed E-state index contributed by atoms with van der Waals surface area (Å²) < 4.78 is 1.77. The number of benzene rings is 2. The number of nitrogens with one attached hydrogen (secondary N) is 1. The second-order valence-corrected chi connectivity index (χ2v) is 10.1. The van der Waals surface area contributed by atoms with Crippen molar-refractivity contribution >= 4 is 79.2 Å². The number of aliphatic imine (C=N–C) groups is 1. The van der Waals surface area contributed by atoms with Crippen molar-refractivity contribution in [2.24, 2.45) is 4.99 Å². The molecule has 0 saturated heterocycles. The Morgan fingerprint density at radius 2 is 2.20 bits per heavy atom. The average Bonchev–Trinajstić information content (AvgIpc) is 3.37. The number of rotatable bonds is 6. The fourth-order valence-corrected chi connectivity index (χ4v) is 5.45. The maximum atomic E-state index is 12.3. The highest BCUT2D eigenvalue weighted by Gasteiger charge is 2.18. The Morgan fingerprint density at radius 3 is 3.00 bits per heavy atom. The Kier molecular flexibility index (Phi) is 6.33. The first-order valence-electron chi connectivity index (χ1n) is 8.78. The van der Waals surface area contributed by atoms with E-state index in [0.29, 0.717) is 15.7 Å². The average molecular weight is 475 g/mol. The molecule has 0 spiro atoms. The Labute approximate surface area is 189 Å². The molecule has 30 heavy (non-hydrogen) atoms. The highest BCUT2D eigenvalue weighted by Crippen LogP contribution is 2.34. The molecule has 1 amide bonds. The fourth-order valence-electron chi connectivity index (χ4n) is 2.49. The molecule has 2 aromatic heterocycles. The maximum Gasteiger partial charge on any atom is 0.239 e. The molecule has 0 saturated carbocycles. The highest BCUT2D eigenvalue weighted by molar-refractivity contribution is 8.02. The van der Waals surface area contributed by atoms with Gasteiger partial charge in [0, 0.05) is 28.4 Å². The van der Waals surface area contributed by atoms with Gasteiger partial charge in [0.2, 0.25) is 5.91 Å². The molecule has 1 atom stereocenters. The number of phenolic OH excluding ortho intramolecular Hbond substituents is 1. The normalized spacial score (nSPS) is 12.5. The van der Waals surface area contributed by atoms with Gasteiger partial charge < -0.3 is 10.4 Å². The molecule has 0 aliphatic rings. The van der Waals surface area contributed by atoms with E-state index >= 15 is 0 Å². The molecule has 152 valence electrons. The van der Waals surface area contributed by atoms with Crippen LogP contribution >= 0.6 is 46.0 Å². The van der Waals surface area contributed by atoms with E-state index < -0.39 is 0 Å². The molecule has 0 aliphatic carbocycles. The van der Waals surface area contributed by atoms with Gasteiger partial charge in [-0.2, -0.15) is 0 Å². The molecule has 10 heteroatoms. The maximum absolute atomic E-state index is 12.3. The van der Waals surface area contributed by atoms with Crippen LogP contribution in [-0.4, -0.2) is 32.4 Å². The minimum Gasteiger partial charge on any atom is -0.507 e. The van der Waals surface area contributed by atoms with Crippen molar-refractivity contribution in [2.45, 2.75) is 16.5 Å². The van der Waals surface area contributed by atoms with Gasteiger partial charge in [0.05, 0.1) is 21.2 Å². The van der Waals surface area contributed by atoms with E-state index in [1.165, 1.54) is 40.5 Å². The number of carbonyl (C=O) groups excluding carboxylic acids is 1. The van der Waals surface area contributed by atoms with Crippen LogP contribution in [0.4, 0.5) is 10.8 Å². The molecule has 0 bridgehead atoms. The van der Waals surface area contributed by atoms with Gasteiger partial charge in [-0.25, -0.2) is 9.97 Å². The van der Waals surface area contributed by atoms with E-state index in [1.54, 1.807) is 24.5 Å². The zero-order valence-corrected chi connectivity index (χ0v) is 18.8. The van der Waals surface area contributed by atoms with E-state index in [1.807, 2.05) is 30.5 Å². The lowest BCUT2D eigenvalue weighted by Gasteiger charge is -2.07. The smallest absolute Gasteiger partial charge is 0.239 e. The van der Waals surface area contributed by atoms with E-state index in [-0.39, 0.29) is 16.9 Å². The molecule has 0 radical (unpaired) electrons. The van der Waals surface area contributed by atoms with Gasteiger partial charge >= 0.3 is 0 Å². The zero-order valence-electron chi connectivity index (χ0n) is 15.6. The Balaban J connectivity index is 1.47. The fraction of sp³-hybridized carbons (Fsp3) is 0.100. The van der Waals surface area contributed by atoms with Crippen molar-refractivity contribution in [3.05, 3.63) is 58.6 Å². The van der Waals surface area contributed by atoms with Crippen LogP contribution < -0.4 is 5.32 Å². The molecule has 0 aliphatic heterocycles. The number of aromatic nitrogens is 2. The quantitative estimate of drug-likeness (QED) is 0.265. The van der Waals surface area contributed by atoms with Crippen LogP contribution in [0.25, 0.3) is 10.2 Å². The lowest BCUT2D eigenvalue weighted by Crippen LogP contribution is -2.22. The van der Waals surface area contributed by atoms with Gasteiger partial charge in [-0.1, -0.05) is 23.4 Å². The number of nitrogens with zero attached hydrogens (tertiary/aromatic N) is 3. The van der Waals surface area contributed by atoms with Crippen LogP contribution in [0.2, 0.25) is 5.02 Å². The number of thioether (sulfide) groups is 1. The number of amides is 1. The molecule has 2 N–H and O–H groups in total. The van der Waals surface area contributed by atoms with E-state index in [2.05, 4.69) is 20.3 Å². The summed E-state index contributed by atoms with van der Waals surface area (Å²) in [6.07, 6.45) is 3.23. The van der Waals surface area contributed by atoms with Crippen LogP contribution in [0.1, 0.15) is 12.5 Å². The molecule has 2 aromatic carbocycles. The second kappa shape index (κ2) is 9.13. The molecular formula is C20H15ClN4O2S3. The van der Waals surface area contributed by atoms with Gasteiger partial charge in [-0.3, -0.25) is 9.79 Å². The Morgan fingerprint density at radius 1 is 1.33 bits per heavy atom. The Hall–Kier alpha value is -2.46. The summed E-state index contributed by atoms with van der Waals surface area (Å²) in [6.45, 7) is 1.84. The number of halogens is 1. The van der Waals surface area contributed by atoms with E-state index in [0.717, 1.165) is 20.2 Å². The molecular weight excluding hydrogens is 460 g/mol. The summed E-state index contributed by atoms with van der Waals surface area (Å²) in [6, 6.07) is 10.5. The minimum absolute atomic E-state index is 0.110. The van der Waals surface area contributed by atoms with Crippen LogP contribution in [-0.2, 0) is 4.79 Å². The third-order valence-electron chi connectivity index (χ3n) is 4.00. The number of fused-ring (bicyclic) bond motifs is 1. The predicted octanol–water partition coefficient (Wildman–Crippen LogP) is 5.98. The third-order valence-corrected chi connectivity index (χ3v) is 7.14. The molecule has 4 aromatic rings. The van der Waals surface area contributed by atoms with Gasteiger partial charge in [-0.15, -0.1) is 22.7 Å². The SMILES string of the molecule is CC(Sc1nc2ccc(N=Cc3cc(Cl)ccc3O)cc2s1)C(=O)Nc1nccs1. The van der Waals surface area contributed by atoms with Crippen molar-refractivity contribution in [3.63, 3.8) is 0 Å². The topological polar surface area (TPSA) is 87.5 Å². The van der Waals surface area contributed by atoms with Crippen molar-refractivity contribution in [3.8, 4) is 5.75 Å². The first kappa shape index (κ1) is 20.8.